The highest BCUT2D eigenvalue weighted by molar-refractivity contribution is 5.82. The fourth-order valence-electron chi connectivity index (χ4n) is 16.5. The van der Waals surface area contributed by atoms with E-state index in [9.17, 15) is 5.11 Å². The molecule has 0 heterocycles. The summed E-state index contributed by atoms with van der Waals surface area (Å²) in [6, 6.07) is 0. The minimum absolute atomic E-state index is 0.0999. The molecule has 0 aromatic rings. The molecule has 0 aromatic carbocycles. The lowest BCUT2D eigenvalue weighted by molar-refractivity contribution is -0.600. The Morgan fingerprint density at radius 3 is 0.550 bits per heavy atom. The van der Waals surface area contributed by atoms with Gasteiger partial charge in [0.15, 0.2) is 6.10 Å². The van der Waals surface area contributed by atoms with Crippen LogP contribution < -0.4 is 0 Å². The van der Waals surface area contributed by atoms with Crippen molar-refractivity contribution in [3.05, 3.63) is 0 Å². The van der Waals surface area contributed by atoms with Crippen molar-refractivity contribution in [1.29, 1.82) is 0 Å². The number of carbonyl (C=O) groups is 1. The molecule has 1 rings (SSSR count). The molecule has 0 saturated heterocycles. The molecule has 12 nitrogen and oxygen atoms in total. The van der Waals surface area contributed by atoms with Crippen LogP contribution in [0.4, 0.5) is 0 Å². The molecule has 2 unspecified atom stereocenters. The summed E-state index contributed by atoms with van der Waals surface area (Å²) in [7, 11) is 0. The van der Waals surface area contributed by atoms with Crippen LogP contribution in [0.2, 0.25) is 0 Å². The van der Waals surface area contributed by atoms with Crippen molar-refractivity contribution < 1.29 is 57.3 Å². The third kappa shape index (κ3) is 45.0. The summed E-state index contributed by atoms with van der Waals surface area (Å²) < 4.78 is 82.2. The number of ether oxygens (including phenoxy) is 10. The molecule has 0 aliphatic heterocycles. The van der Waals surface area contributed by atoms with Crippen molar-refractivity contribution in [2.45, 2.75) is 554 Å². The van der Waals surface area contributed by atoms with Gasteiger partial charge in [0.2, 0.25) is 0 Å². The molecule has 0 aromatic heterocycles. The molecule has 109 heavy (non-hydrogen) atoms. The molecule has 1 fully saturated rings. The molecule has 0 bridgehead atoms. The minimum atomic E-state index is -2.56. The zero-order valence-corrected chi connectivity index (χ0v) is 75.1. The lowest BCUT2D eigenvalue weighted by atomic mass is 9.64. The van der Waals surface area contributed by atoms with Gasteiger partial charge in [0.25, 0.3) is 28.7 Å². The SMILES string of the molecule is CCCCCCCCCOC1C(OCCCCCCCCC)(OCCCCCCCCC)C(OCCCCCCCCC)(OCCCCCCCCC)C(OCCCCCCCCC)(OCCCCCCCCC)C(OCCCCCCCCC)(OCCCCCCCCC)C1(OCCCCCCCCC)C(=O)O. The fourth-order valence-corrected chi connectivity index (χ4v) is 16.5. The van der Waals surface area contributed by atoms with Gasteiger partial charge in [-0.25, -0.2) is 4.79 Å². The maximum Gasteiger partial charge on any atom is 0.345 e. The van der Waals surface area contributed by atoms with Crippen molar-refractivity contribution in [3.8, 4) is 0 Å². The first-order valence-electron chi connectivity index (χ1n) is 49.3. The number of carboxylic acid groups (broad SMARTS) is 1. The smallest absolute Gasteiger partial charge is 0.345 e. The summed E-state index contributed by atoms with van der Waals surface area (Å²) in [4.78, 5) is 17.0. The number of rotatable bonds is 91. The van der Waals surface area contributed by atoms with Gasteiger partial charge in [0.1, 0.15) is 0 Å². The molecule has 0 spiro atoms. The van der Waals surface area contributed by atoms with Crippen LogP contribution in [0, 0.1) is 0 Å². The zero-order chi connectivity index (χ0) is 79.3. The highest BCUT2D eigenvalue weighted by Gasteiger charge is 2.95. The van der Waals surface area contributed by atoms with Gasteiger partial charge in [-0.1, -0.05) is 454 Å². The van der Waals surface area contributed by atoms with Gasteiger partial charge in [-0.2, -0.15) is 0 Å². The van der Waals surface area contributed by atoms with Crippen molar-refractivity contribution in [2.75, 3.05) is 66.1 Å². The molecular weight excluding hydrogens is 1360 g/mol. The number of unbranched alkanes of at least 4 members (excludes halogenated alkanes) is 60. The first-order chi connectivity index (χ1) is 53.7. The Balaban J connectivity index is 5.52. The van der Waals surface area contributed by atoms with E-state index in [0.717, 1.165) is 205 Å². The van der Waals surface area contributed by atoms with Gasteiger partial charge in [-0.3, -0.25) is 0 Å². The first kappa shape index (κ1) is 106. The molecule has 12 heteroatoms. The van der Waals surface area contributed by atoms with E-state index < -0.39 is 40.8 Å². The van der Waals surface area contributed by atoms with E-state index in [-0.39, 0.29) is 66.1 Å². The normalized spacial score (nSPS) is 16.7. The fraction of sp³-hybridized carbons (Fsp3) is 0.990. The largest absolute Gasteiger partial charge is 0.479 e. The first-order valence-corrected chi connectivity index (χ1v) is 49.3. The number of carboxylic acids is 1. The van der Waals surface area contributed by atoms with E-state index in [1.165, 1.54) is 193 Å². The predicted octanol–water partition coefficient (Wildman–Crippen LogP) is 30.6. The van der Waals surface area contributed by atoms with Crippen LogP contribution >= 0.6 is 0 Å². The summed E-state index contributed by atoms with van der Waals surface area (Å²) >= 11 is 0. The Bertz CT molecular complexity index is 1770. The lowest BCUT2D eigenvalue weighted by Gasteiger charge is -2.70. The number of hydrogen-bond donors (Lipinski definition) is 1. The topological polar surface area (TPSA) is 130 Å². The monoisotopic (exact) mass is 1550 g/mol. The predicted molar refractivity (Wildman–Crippen MR) is 465 cm³/mol. The van der Waals surface area contributed by atoms with Gasteiger partial charge < -0.3 is 52.5 Å². The van der Waals surface area contributed by atoms with E-state index in [2.05, 4.69) is 69.2 Å². The second-order valence-electron chi connectivity index (χ2n) is 33.7. The molecule has 0 radical (unpaired) electrons. The second-order valence-corrected chi connectivity index (χ2v) is 33.7. The molecule has 1 saturated carbocycles. The standard InChI is InChI=1S/C97H192O12/c1-11-21-31-41-51-61-71-81-100-91-93(92(98)99,101-82-72-62-52-42-32-22-12-2)95(104-85-75-65-55-45-35-25-15-5,105-86-76-66-56-46-36-26-16-6)97(108-89-79-69-59-49-39-29-19-9,109-90-80-70-60-50-40-30-20-10)96(106-87-77-67-57-47-37-27-17-7,107-88-78-68-58-48-38-28-18-8)94(91,102-83-73-63-53-43-33-23-13-3)103-84-74-64-54-44-34-24-14-4/h91H,11-90H2,1-10H3,(H,98,99). The molecule has 1 aliphatic carbocycles. The summed E-state index contributed by atoms with van der Waals surface area (Å²) in [5, 5.41) is 13.8. The molecule has 1 aliphatic rings. The van der Waals surface area contributed by atoms with Crippen LogP contribution in [-0.2, 0) is 52.2 Å². The van der Waals surface area contributed by atoms with Crippen LogP contribution in [0.25, 0.3) is 0 Å². The maximum absolute atomic E-state index is 17.0. The molecule has 652 valence electrons. The van der Waals surface area contributed by atoms with Crippen LogP contribution in [0.1, 0.15) is 519 Å². The number of aliphatic carboxylic acids is 1. The summed E-state index contributed by atoms with van der Waals surface area (Å²) in [6.45, 7) is 24.8. The zero-order valence-electron chi connectivity index (χ0n) is 75.1. The molecular formula is C97H192O12. The van der Waals surface area contributed by atoms with Crippen molar-refractivity contribution in [2.24, 2.45) is 0 Å². The Hall–Kier alpha value is -0.930. The third-order valence-electron chi connectivity index (χ3n) is 23.4. The van der Waals surface area contributed by atoms with Crippen molar-refractivity contribution >= 4 is 5.97 Å². The van der Waals surface area contributed by atoms with E-state index in [1.807, 2.05) is 0 Å². The summed E-state index contributed by atoms with van der Waals surface area (Å²) in [6.07, 6.45) is 72.4. The van der Waals surface area contributed by atoms with Gasteiger partial charge in [0, 0.05) is 13.2 Å². The minimum Gasteiger partial charge on any atom is -0.479 e. The average Bonchev–Trinajstić information content (AvgIpc) is 0.646. The van der Waals surface area contributed by atoms with Gasteiger partial charge >= 0.3 is 5.97 Å². The Labute approximate surface area is 679 Å². The summed E-state index contributed by atoms with van der Waals surface area (Å²) in [5.74, 6) is -10.5. The van der Waals surface area contributed by atoms with E-state index >= 15 is 4.79 Å². The average molecular weight is 1550 g/mol. The maximum atomic E-state index is 17.0. The Kier molecular flexibility index (Phi) is 74.9. The van der Waals surface area contributed by atoms with Gasteiger partial charge in [-0.05, 0) is 64.2 Å². The quantitative estimate of drug-likeness (QED) is 0.0460. The Morgan fingerprint density at radius 1 is 0.193 bits per heavy atom. The van der Waals surface area contributed by atoms with Crippen LogP contribution in [-0.4, -0.2) is 112 Å². The lowest BCUT2D eigenvalue weighted by Crippen LogP contribution is -2.96. The highest BCUT2D eigenvalue weighted by Crippen LogP contribution is 2.64. The third-order valence-corrected chi connectivity index (χ3v) is 23.4. The van der Waals surface area contributed by atoms with Crippen LogP contribution in [0.3, 0.4) is 0 Å². The van der Waals surface area contributed by atoms with Crippen molar-refractivity contribution in [1.82, 2.24) is 0 Å². The van der Waals surface area contributed by atoms with Crippen LogP contribution in [0.15, 0.2) is 0 Å². The van der Waals surface area contributed by atoms with Gasteiger partial charge in [0.05, 0.1) is 52.9 Å². The molecule has 2 atom stereocenters. The van der Waals surface area contributed by atoms with E-state index in [1.54, 1.807) is 0 Å². The second kappa shape index (κ2) is 77.0. The molecule has 0 amide bonds. The molecule has 1 N–H and O–H groups in total. The Morgan fingerprint density at radius 2 is 0.349 bits per heavy atom. The summed E-state index contributed by atoms with van der Waals surface area (Å²) in [5.41, 5.74) is -2.56. The van der Waals surface area contributed by atoms with E-state index in [4.69, 9.17) is 47.4 Å². The van der Waals surface area contributed by atoms with E-state index in [0.29, 0.717) is 51.4 Å². The number of hydrogen-bond acceptors (Lipinski definition) is 11. The van der Waals surface area contributed by atoms with Crippen LogP contribution in [0.5, 0.6) is 0 Å². The highest BCUT2D eigenvalue weighted by atomic mass is 16.9. The van der Waals surface area contributed by atoms with Crippen molar-refractivity contribution in [3.63, 3.8) is 0 Å². The van der Waals surface area contributed by atoms with Gasteiger partial charge in [-0.15, -0.1) is 0 Å².